The van der Waals surface area contributed by atoms with E-state index >= 15 is 0 Å². The fourth-order valence-corrected chi connectivity index (χ4v) is 2.65. The minimum Gasteiger partial charge on any atom is -0.459 e. The lowest BCUT2D eigenvalue weighted by atomic mass is 10.2. The molecule has 2 rings (SSSR count). The number of rotatable bonds is 6. The summed E-state index contributed by atoms with van der Waals surface area (Å²) in [5.74, 6) is -0.0412. The molecule has 1 aliphatic heterocycles. The second-order valence-electron chi connectivity index (χ2n) is 6.39. The van der Waals surface area contributed by atoms with Crippen LogP contribution in [0.4, 0.5) is 0 Å². The molecule has 3 amide bonds. The Kier molecular flexibility index (Phi) is 6.58. The second kappa shape index (κ2) is 8.66. The molecule has 0 atom stereocenters. The number of carbonyl (C=O) groups is 3. The number of amides is 3. The highest BCUT2D eigenvalue weighted by Gasteiger charge is 2.27. The number of nitrogens with zero attached hydrogens (tertiary/aromatic N) is 4. The smallest absolute Gasteiger partial charge is 0.289 e. The van der Waals surface area contributed by atoms with E-state index in [-0.39, 0.29) is 24.3 Å². The molecule has 1 aliphatic rings. The highest BCUT2D eigenvalue weighted by molar-refractivity contribution is 5.91. The van der Waals surface area contributed by atoms with Crippen LogP contribution in [-0.4, -0.2) is 97.2 Å². The van der Waals surface area contributed by atoms with Gasteiger partial charge >= 0.3 is 0 Å². The molecule has 8 nitrogen and oxygen atoms in total. The first-order chi connectivity index (χ1) is 11.9. The maximum Gasteiger partial charge on any atom is 0.289 e. The predicted octanol–water partition coefficient (Wildman–Crippen LogP) is -0.0259. The maximum atomic E-state index is 12.5. The molecular weight excluding hydrogens is 324 g/mol. The summed E-state index contributed by atoms with van der Waals surface area (Å²) in [6.07, 6.45) is 1.47. The molecule has 2 heterocycles. The molecular formula is C17H26N4O4. The van der Waals surface area contributed by atoms with Crippen LogP contribution in [0.25, 0.3) is 0 Å². The van der Waals surface area contributed by atoms with Crippen LogP contribution in [-0.2, 0) is 9.59 Å². The Hall–Kier alpha value is -2.35. The van der Waals surface area contributed by atoms with E-state index in [1.807, 2.05) is 19.0 Å². The quantitative estimate of drug-likeness (QED) is 0.720. The Morgan fingerprint density at radius 1 is 1.08 bits per heavy atom. The minimum atomic E-state index is -0.159. The lowest BCUT2D eigenvalue weighted by Crippen LogP contribution is -2.53. The Labute approximate surface area is 147 Å². The van der Waals surface area contributed by atoms with Gasteiger partial charge in [0.15, 0.2) is 5.76 Å². The maximum absolute atomic E-state index is 12.5. The average Bonchev–Trinajstić information content (AvgIpc) is 3.12. The minimum absolute atomic E-state index is 0.0787. The molecule has 1 aromatic rings. The highest BCUT2D eigenvalue weighted by Crippen LogP contribution is 2.10. The van der Waals surface area contributed by atoms with Crippen LogP contribution in [0.1, 0.15) is 17.5 Å². The molecule has 0 aromatic carbocycles. The lowest BCUT2D eigenvalue weighted by Gasteiger charge is -2.35. The molecule has 1 saturated heterocycles. The number of hydrogen-bond donors (Lipinski definition) is 0. The van der Waals surface area contributed by atoms with Gasteiger partial charge in [-0.1, -0.05) is 0 Å². The Morgan fingerprint density at radius 2 is 1.72 bits per heavy atom. The number of piperazine rings is 1. The van der Waals surface area contributed by atoms with Crippen molar-refractivity contribution >= 4 is 17.7 Å². The van der Waals surface area contributed by atoms with Crippen molar-refractivity contribution in [3.63, 3.8) is 0 Å². The molecule has 1 fully saturated rings. The third-order valence-corrected chi connectivity index (χ3v) is 4.24. The van der Waals surface area contributed by atoms with E-state index in [9.17, 15) is 14.4 Å². The summed E-state index contributed by atoms with van der Waals surface area (Å²) in [6.45, 7) is 4.63. The molecule has 0 radical (unpaired) electrons. The zero-order valence-corrected chi connectivity index (χ0v) is 15.1. The van der Waals surface area contributed by atoms with Crippen LogP contribution in [0.5, 0.6) is 0 Å². The summed E-state index contributed by atoms with van der Waals surface area (Å²) in [4.78, 5) is 43.3. The molecule has 138 valence electrons. The van der Waals surface area contributed by atoms with Gasteiger partial charge in [0, 0.05) is 46.2 Å². The first-order valence-electron chi connectivity index (χ1n) is 8.39. The number of hydrogen-bond acceptors (Lipinski definition) is 5. The van der Waals surface area contributed by atoms with Crippen LogP contribution >= 0.6 is 0 Å². The van der Waals surface area contributed by atoms with E-state index in [4.69, 9.17) is 4.42 Å². The van der Waals surface area contributed by atoms with Gasteiger partial charge < -0.3 is 24.0 Å². The summed E-state index contributed by atoms with van der Waals surface area (Å²) in [7, 11) is 3.85. The van der Waals surface area contributed by atoms with Crippen molar-refractivity contribution in [2.45, 2.75) is 6.92 Å². The highest BCUT2D eigenvalue weighted by atomic mass is 16.3. The summed E-state index contributed by atoms with van der Waals surface area (Å²) >= 11 is 0. The van der Waals surface area contributed by atoms with Crippen molar-refractivity contribution in [1.82, 2.24) is 19.6 Å². The third kappa shape index (κ3) is 5.32. The fraction of sp³-hybridized carbons (Fsp3) is 0.588. The van der Waals surface area contributed by atoms with Gasteiger partial charge in [-0.05, 0) is 26.2 Å². The van der Waals surface area contributed by atoms with Crippen molar-refractivity contribution in [1.29, 1.82) is 0 Å². The van der Waals surface area contributed by atoms with Gasteiger partial charge in [-0.3, -0.25) is 14.4 Å². The third-order valence-electron chi connectivity index (χ3n) is 4.24. The topological polar surface area (TPSA) is 77.3 Å². The fourth-order valence-electron chi connectivity index (χ4n) is 2.65. The lowest BCUT2D eigenvalue weighted by molar-refractivity contribution is -0.140. The first-order valence-corrected chi connectivity index (χ1v) is 8.39. The van der Waals surface area contributed by atoms with Crippen molar-refractivity contribution < 1.29 is 18.8 Å². The summed E-state index contributed by atoms with van der Waals surface area (Å²) in [5.41, 5.74) is 0. The van der Waals surface area contributed by atoms with E-state index in [0.717, 1.165) is 0 Å². The van der Waals surface area contributed by atoms with Crippen molar-refractivity contribution in [2.75, 3.05) is 59.9 Å². The van der Waals surface area contributed by atoms with E-state index in [2.05, 4.69) is 0 Å². The normalized spacial score (nSPS) is 14.7. The molecule has 1 aromatic heterocycles. The second-order valence-corrected chi connectivity index (χ2v) is 6.39. The van der Waals surface area contributed by atoms with E-state index < -0.39 is 0 Å². The van der Waals surface area contributed by atoms with Crippen LogP contribution in [0, 0.1) is 0 Å². The van der Waals surface area contributed by atoms with Crippen LogP contribution in [0.15, 0.2) is 22.8 Å². The predicted molar refractivity (Wildman–Crippen MR) is 92.0 cm³/mol. The van der Waals surface area contributed by atoms with Crippen molar-refractivity contribution in [3.8, 4) is 0 Å². The van der Waals surface area contributed by atoms with Crippen LogP contribution in [0.3, 0.4) is 0 Å². The number of furan rings is 1. The van der Waals surface area contributed by atoms with E-state index in [0.29, 0.717) is 45.0 Å². The van der Waals surface area contributed by atoms with Gasteiger partial charge in [-0.25, -0.2) is 0 Å². The van der Waals surface area contributed by atoms with Gasteiger partial charge in [0.2, 0.25) is 11.8 Å². The average molecular weight is 350 g/mol. The van der Waals surface area contributed by atoms with Crippen LogP contribution < -0.4 is 0 Å². The summed E-state index contributed by atoms with van der Waals surface area (Å²) in [6, 6.07) is 3.31. The van der Waals surface area contributed by atoms with Crippen molar-refractivity contribution in [2.24, 2.45) is 0 Å². The molecule has 8 heteroatoms. The van der Waals surface area contributed by atoms with Gasteiger partial charge in [-0.2, -0.15) is 0 Å². The van der Waals surface area contributed by atoms with Crippen molar-refractivity contribution in [3.05, 3.63) is 24.2 Å². The van der Waals surface area contributed by atoms with Gasteiger partial charge in [0.25, 0.3) is 5.91 Å². The number of carbonyl (C=O) groups excluding carboxylic acids is 3. The standard InChI is InChI=1S/C17H26N4O4/c1-14(22)21(7-6-18(2)3)13-16(23)19-8-10-20(11-9-19)17(24)15-5-4-12-25-15/h4-5,12H,6-11,13H2,1-3H3. The van der Waals surface area contributed by atoms with Gasteiger partial charge in [0.1, 0.15) is 0 Å². The van der Waals surface area contributed by atoms with Gasteiger partial charge in [0.05, 0.1) is 12.8 Å². The molecule has 0 N–H and O–H groups in total. The van der Waals surface area contributed by atoms with Crippen LogP contribution in [0.2, 0.25) is 0 Å². The SMILES string of the molecule is CC(=O)N(CCN(C)C)CC(=O)N1CCN(C(=O)c2ccco2)CC1. The Bertz CT molecular complexity index is 592. The molecule has 0 spiro atoms. The summed E-state index contributed by atoms with van der Waals surface area (Å²) < 4.78 is 5.13. The Balaban J connectivity index is 1.83. The zero-order chi connectivity index (χ0) is 18.4. The zero-order valence-electron chi connectivity index (χ0n) is 15.1. The van der Waals surface area contributed by atoms with E-state index in [1.54, 1.807) is 26.8 Å². The first kappa shape index (κ1) is 19.0. The molecule has 25 heavy (non-hydrogen) atoms. The molecule has 0 bridgehead atoms. The van der Waals surface area contributed by atoms with E-state index in [1.165, 1.54) is 13.2 Å². The summed E-state index contributed by atoms with van der Waals surface area (Å²) in [5, 5.41) is 0. The largest absolute Gasteiger partial charge is 0.459 e. The van der Waals surface area contributed by atoms with Gasteiger partial charge in [-0.15, -0.1) is 0 Å². The molecule has 0 unspecified atom stereocenters. The molecule has 0 saturated carbocycles. The Morgan fingerprint density at radius 3 is 2.24 bits per heavy atom. The monoisotopic (exact) mass is 350 g/mol. The number of likely N-dealkylation sites (N-methyl/N-ethyl adjacent to an activating group) is 1. The molecule has 0 aliphatic carbocycles.